The van der Waals surface area contributed by atoms with E-state index in [-0.39, 0.29) is 6.04 Å². The Balaban J connectivity index is 2.55. The average Bonchev–Trinajstić information content (AvgIpc) is 2.27. The lowest BCUT2D eigenvalue weighted by atomic mass is 10.0. The summed E-state index contributed by atoms with van der Waals surface area (Å²) >= 11 is 0. The summed E-state index contributed by atoms with van der Waals surface area (Å²) in [4.78, 5) is 2.34. The van der Waals surface area contributed by atoms with Crippen LogP contribution in [0.1, 0.15) is 33.1 Å². The van der Waals surface area contributed by atoms with Gasteiger partial charge in [-0.1, -0.05) is 13.8 Å². The topological polar surface area (TPSA) is 39.1 Å². The van der Waals surface area contributed by atoms with Crippen molar-refractivity contribution in [3.63, 3.8) is 0 Å². The minimum absolute atomic E-state index is 0.102. The summed E-state index contributed by atoms with van der Waals surface area (Å²) in [5.41, 5.74) is 0. The third-order valence-corrected chi connectivity index (χ3v) is 3.04. The minimum Gasteiger partial charge on any atom is -0.315 e. The van der Waals surface area contributed by atoms with E-state index < -0.39 is 0 Å². The van der Waals surface area contributed by atoms with E-state index in [2.05, 4.69) is 30.1 Å². The van der Waals surface area contributed by atoms with Crippen LogP contribution in [-0.2, 0) is 0 Å². The number of rotatable bonds is 4. The lowest BCUT2D eigenvalue weighted by molar-refractivity contribution is 0.143. The molecular formula is C11H21N3. The Bertz CT molecular complexity index is 191. The first kappa shape index (κ1) is 11.5. The normalized spacial score (nSPS) is 24.6. The van der Waals surface area contributed by atoms with Crippen molar-refractivity contribution in [2.24, 2.45) is 0 Å². The molecule has 1 aliphatic heterocycles. The fourth-order valence-corrected chi connectivity index (χ4v) is 2.25. The molecule has 3 nitrogen and oxygen atoms in total. The molecule has 0 spiro atoms. The van der Waals surface area contributed by atoms with E-state index in [0.29, 0.717) is 6.04 Å². The Morgan fingerprint density at radius 1 is 1.57 bits per heavy atom. The van der Waals surface area contributed by atoms with Gasteiger partial charge in [0.15, 0.2) is 0 Å². The fraction of sp³-hybridized carbons (Fsp3) is 0.909. The molecule has 1 fully saturated rings. The second-order valence-corrected chi connectivity index (χ2v) is 3.88. The summed E-state index contributed by atoms with van der Waals surface area (Å²) in [5, 5.41) is 12.4. The maximum Gasteiger partial charge on any atom is 0.0977 e. The van der Waals surface area contributed by atoms with E-state index in [1.807, 2.05) is 0 Å². The van der Waals surface area contributed by atoms with Crippen molar-refractivity contribution < 1.29 is 0 Å². The van der Waals surface area contributed by atoms with Gasteiger partial charge >= 0.3 is 0 Å². The van der Waals surface area contributed by atoms with E-state index in [9.17, 15) is 0 Å². The van der Waals surface area contributed by atoms with Crippen LogP contribution < -0.4 is 5.32 Å². The van der Waals surface area contributed by atoms with Gasteiger partial charge in [-0.05, 0) is 32.4 Å². The summed E-state index contributed by atoms with van der Waals surface area (Å²) in [6, 6.07) is 3.07. The third-order valence-electron chi connectivity index (χ3n) is 3.04. The molecule has 0 amide bonds. The zero-order chi connectivity index (χ0) is 10.4. The summed E-state index contributed by atoms with van der Waals surface area (Å²) in [5.74, 6) is 0. The van der Waals surface area contributed by atoms with Crippen LogP contribution in [0.4, 0.5) is 0 Å². The molecule has 1 N–H and O–H groups in total. The maximum atomic E-state index is 9.05. The van der Waals surface area contributed by atoms with Crippen molar-refractivity contribution in [3.8, 4) is 6.07 Å². The standard InChI is InChI=1S/C11H21N3/c1-3-10(8-12)14(4-2)11-6-5-7-13-9-11/h10-11,13H,3-7,9H2,1-2H3. The largest absolute Gasteiger partial charge is 0.315 e. The highest BCUT2D eigenvalue weighted by molar-refractivity contribution is 4.94. The van der Waals surface area contributed by atoms with Crippen LogP contribution in [0.15, 0.2) is 0 Å². The Morgan fingerprint density at radius 2 is 2.36 bits per heavy atom. The van der Waals surface area contributed by atoms with Gasteiger partial charge in [0.25, 0.3) is 0 Å². The highest BCUT2D eigenvalue weighted by atomic mass is 15.2. The van der Waals surface area contributed by atoms with Gasteiger partial charge in [0.05, 0.1) is 12.1 Å². The molecule has 0 aromatic heterocycles. The van der Waals surface area contributed by atoms with Crippen molar-refractivity contribution in [1.29, 1.82) is 5.26 Å². The van der Waals surface area contributed by atoms with Gasteiger partial charge in [-0.3, -0.25) is 4.90 Å². The quantitative estimate of drug-likeness (QED) is 0.736. The fourth-order valence-electron chi connectivity index (χ4n) is 2.25. The molecule has 3 heteroatoms. The smallest absolute Gasteiger partial charge is 0.0977 e. The molecular weight excluding hydrogens is 174 g/mol. The van der Waals surface area contributed by atoms with Crippen molar-refractivity contribution in [2.45, 2.75) is 45.2 Å². The van der Waals surface area contributed by atoms with Gasteiger partial charge in [-0.2, -0.15) is 5.26 Å². The van der Waals surface area contributed by atoms with Crippen molar-refractivity contribution in [3.05, 3.63) is 0 Å². The first-order chi connectivity index (χ1) is 6.83. The van der Waals surface area contributed by atoms with Crippen LogP contribution in [0.5, 0.6) is 0 Å². The molecule has 0 bridgehead atoms. The first-order valence-corrected chi connectivity index (χ1v) is 5.69. The van der Waals surface area contributed by atoms with Gasteiger partial charge in [0.1, 0.15) is 0 Å². The molecule has 0 aliphatic carbocycles. The van der Waals surface area contributed by atoms with Gasteiger partial charge in [-0.25, -0.2) is 0 Å². The van der Waals surface area contributed by atoms with E-state index >= 15 is 0 Å². The van der Waals surface area contributed by atoms with Crippen molar-refractivity contribution >= 4 is 0 Å². The molecule has 14 heavy (non-hydrogen) atoms. The van der Waals surface area contributed by atoms with E-state index in [0.717, 1.165) is 26.1 Å². The summed E-state index contributed by atoms with van der Waals surface area (Å²) < 4.78 is 0. The number of piperidine rings is 1. The number of nitriles is 1. The Labute approximate surface area is 87.1 Å². The molecule has 1 heterocycles. The zero-order valence-electron chi connectivity index (χ0n) is 9.29. The highest BCUT2D eigenvalue weighted by Crippen LogP contribution is 2.14. The van der Waals surface area contributed by atoms with Gasteiger partial charge in [-0.15, -0.1) is 0 Å². The second-order valence-electron chi connectivity index (χ2n) is 3.88. The lowest BCUT2D eigenvalue weighted by Gasteiger charge is -2.36. The number of nitrogens with zero attached hydrogens (tertiary/aromatic N) is 2. The van der Waals surface area contributed by atoms with Crippen LogP contribution in [0.25, 0.3) is 0 Å². The van der Waals surface area contributed by atoms with Crippen LogP contribution in [0.3, 0.4) is 0 Å². The van der Waals surface area contributed by atoms with Crippen LogP contribution in [-0.4, -0.2) is 36.6 Å². The van der Waals surface area contributed by atoms with E-state index in [1.165, 1.54) is 12.8 Å². The van der Waals surface area contributed by atoms with Gasteiger partial charge in [0, 0.05) is 12.6 Å². The SMILES string of the molecule is CCC(C#N)N(CC)C1CCCNC1. The summed E-state index contributed by atoms with van der Waals surface area (Å²) in [6.45, 7) is 7.41. The van der Waals surface area contributed by atoms with Crippen molar-refractivity contribution in [1.82, 2.24) is 10.2 Å². The first-order valence-electron chi connectivity index (χ1n) is 5.69. The molecule has 2 unspecified atom stereocenters. The lowest BCUT2D eigenvalue weighted by Crippen LogP contribution is -2.49. The zero-order valence-corrected chi connectivity index (χ0v) is 9.29. The minimum atomic E-state index is 0.102. The number of likely N-dealkylation sites (N-methyl/N-ethyl adjacent to an activating group) is 1. The highest BCUT2D eigenvalue weighted by Gasteiger charge is 2.24. The molecule has 1 rings (SSSR count). The molecule has 80 valence electrons. The van der Waals surface area contributed by atoms with Gasteiger partial charge in [0.2, 0.25) is 0 Å². The molecule has 1 saturated heterocycles. The third kappa shape index (κ3) is 2.70. The van der Waals surface area contributed by atoms with Gasteiger partial charge < -0.3 is 5.32 Å². The van der Waals surface area contributed by atoms with Crippen molar-refractivity contribution in [2.75, 3.05) is 19.6 Å². The van der Waals surface area contributed by atoms with Crippen LogP contribution in [0, 0.1) is 11.3 Å². The van der Waals surface area contributed by atoms with E-state index in [1.54, 1.807) is 0 Å². The number of nitrogens with one attached hydrogen (secondary N) is 1. The average molecular weight is 195 g/mol. The predicted octanol–water partition coefficient (Wildman–Crippen LogP) is 1.36. The molecule has 0 saturated carbocycles. The monoisotopic (exact) mass is 195 g/mol. The van der Waals surface area contributed by atoms with Crippen LogP contribution >= 0.6 is 0 Å². The Hall–Kier alpha value is -0.590. The number of hydrogen-bond donors (Lipinski definition) is 1. The molecule has 0 aromatic carbocycles. The maximum absolute atomic E-state index is 9.05. The molecule has 2 atom stereocenters. The predicted molar refractivity (Wildman–Crippen MR) is 58.0 cm³/mol. The van der Waals surface area contributed by atoms with Crippen LogP contribution in [0.2, 0.25) is 0 Å². The Kier molecular flexibility index (Phi) is 4.92. The Morgan fingerprint density at radius 3 is 2.79 bits per heavy atom. The molecule has 0 aromatic rings. The summed E-state index contributed by atoms with van der Waals surface area (Å²) in [6.07, 6.45) is 3.41. The summed E-state index contributed by atoms with van der Waals surface area (Å²) in [7, 11) is 0. The second kappa shape index (κ2) is 6.00. The molecule has 0 radical (unpaired) electrons. The molecule has 1 aliphatic rings. The van der Waals surface area contributed by atoms with E-state index in [4.69, 9.17) is 5.26 Å². The number of hydrogen-bond acceptors (Lipinski definition) is 3.